The van der Waals surface area contributed by atoms with Gasteiger partial charge in [-0.15, -0.1) is 0 Å². The molecule has 0 aromatic heterocycles. The molecule has 0 aromatic carbocycles. The lowest BCUT2D eigenvalue weighted by Gasteiger charge is -2.17. The van der Waals surface area contributed by atoms with Gasteiger partial charge in [-0.25, -0.2) is 0 Å². The lowest BCUT2D eigenvalue weighted by molar-refractivity contribution is -0.145. The molecule has 0 N–H and O–H groups in total. The van der Waals surface area contributed by atoms with Crippen molar-refractivity contribution < 1.29 is 19.1 Å². The minimum Gasteiger partial charge on any atom is -0.466 e. The average Bonchev–Trinajstić information content (AvgIpc) is 3.27. The van der Waals surface area contributed by atoms with Gasteiger partial charge in [-0.3, -0.25) is 9.59 Å². The molecule has 1 unspecified atom stereocenters. The van der Waals surface area contributed by atoms with Crippen molar-refractivity contribution in [3.63, 3.8) is 0 Å². The molecular weight excluding hydrogens is 761 g/mol. The smallest absolute Gasteiger partial charge is 0.305 e. The molecule has 0 saturated heterocycles. The summed E-state index contributed by atoms with van der Waals surface area (Å²) in [4.78, 5) is 23.9. The van der Waals surface area contributed by atoms with Crippen molar-refractivity contribution in [3.8, 4) is 0 Å². The highest BCUT2D eigenvalue weighted by Crippen LogP contribution is 2.21. The molecule has 0 saturated carbocycles. The van der Waals surface area contributed by atoms with Gasteiger partial charge in [0.2, 0.25) is 0 Å². The van der Waals surface area contributed by atoms with Gasteiger partial charge in [0.1, 0.15) is 0 Å². The van der Waals surface area contributed by atoms with Crippen molar-refractivity contribution in [3.05, 3.63) is 0 Å². The minimum atomic E-state index is 0.0104. The van der Waals surface area contributed by atoms with E-state index in [1.54, 1.807) is 0 Å². The Balaban J connectivity index is 0. The van der Waals surface area contributed by atoms with Gasteiger partial charge < -0.3 is 9.47 Å². The molecule has 0 aromatic rings. The normalized spacial score (nSPS) is 11.7. The quantitative estimate of drug-likeness (QED) is 0.0451. The number of hydrogen-bond acceptors (Lipinski definition) is 4. The summed E-state index contributed by atoms with van der Waals surface area (Å²) >= 11 is 0. The molecule has 0 fully saturated rings. The second kappa shape index (κ2) is 58.0. The third-order valence-electron chi connectivity index (χ3n) is 13.1. The predicted octanol–water partition coefficient (Wildman–Crippen LogP) is 20.5. The molecule has 1 atom stereocenters. The Morgan fingerprint density at radius 2 is 0.500 bits per heavy atom. The van der Waals surface area contributed by atoms with Crippen molar-refractivity contribution in [2.24, 2.45) is 5.92 Å². The van der Waals surface area contributed by atoms with E-state index in [2.05, 4.69) is 34.6 Å². The van der Waals surface area contributed by atoms with E-state index in [0.29, 0.717) is 32.0 Å². The van der Waals surface area contributed by atoms with Crippen molar-refractivity contribution >= 4 is 11.9 Å². The summed E-state index contributed by atoms with van der Waals surface area (Å²) in [7, 11) is 0. The molecule has 0 amide bonds. The van der Waals surface area contributed by atoms with Gasteiger partial charge in [-0.1, -0.05) is 298 Å². The van der Waals surface area contributed by atoms with E-state index in [9.17, 15) is 9.59 Å². The highest BCUT2D eigenvalue weighted by molar-refractivity contribution is 5.69. The van der Waals surface area contributed by atoms with Crippen LogP contribution in [0.25, 0.3) is 0 Å². The first-order valence-corrected chi connectivity index (χ1v) is 28.9. The van der Waals surface area contributed by atoms with Crippen LogP contribution in [0.5, 0.6) is 0 Å². The summed E-state index contributed by atoms with van der Waals surface area (Å²) in [6.45, 7) is 12.6. The SMILES string of the molecule is CCCCCCCCCCCCCC(=O)OCC(CCCCCCCC)CCCCCCCCCC.CCCCCCCCCCCCCCCCOC(=O)CCCCCCC. The van der Waals surface area contributed by atoms with Crippen LogP contribution in [0.4, 0.5) is 0 Å². The molecule has 0 radical (unpaired) electrons. The molecule has 0 aliphatic carbocycles. The van der Waals surface area contributed by atoms with Crippen LogP contribution < -0.4 is 0 Å². The molecule has 4 heteroatoms. The van der Waals surface area contributed by atoms with Crippen LogP contribution in [0.15, 0.2) is 0 Å². The fraction of sp³-hybridized carbons (Fsp3) is 0.966. The molecule has 0 aliphatic rings. The summed E-state index contributed by atoms with van der Waals surface area (Å²) in [5.74, 6) is 0.642. The molecule has 0 bridgehead atoms. The first-order chi connectivity index (χ1) is 30.5. The van der Waals surface area contributed by atoms with E-state index in [-0.39, 0.29) is 11.9 Å². The molecule has 0 heterocycles. The van der Waals surface area contributed by atoms with Crippen molar-refractivity contribution in [2.75, 3.05) is 13.2 Å². The molecule has 4 nitrogen and oxygen atoms in total. The van der Waals surface area contributed by atoms with Crippen LogP contribution in [0.1, 0.15) is 343 Å². The van der Waals surface area contributed by atoms with Crippen molar-refractivity contribution in [1.29, 1.82) is 0 Å². The molecule has 0 rings (SSSR count). The number of carbonyl (C=O) groups is 2. The Hall–Kier alpha value is -1.06. The number of unbranched alkanes of at least 4 members (excludes halogenated alkanes) is 39. The van der Waals surface area contributed by atoms with Gasteiger partial charge in [0.15, 0.2) is 0 Å². The van der Waals surface area contributed by atoms with Gasteiger partial charge >= 0.3 is 11.9 Å². The lowest BCUT2D eigenvalue weighted by Crippen LogP contribution is -2.14. The summed E-state index contributed by atoms with van der Waals surface area (Å²) in [6, 6.07) is 0. The van der Waals surface area contributed by atoms with E-state index in [0.717, 1.165) is 19.3 Å². The summed E-state index contributed by atoms with van der Waals surface area (Å²) in [5, 5.41) is 0. The minimum absolute atomic E-state index is 0.0104. The van der Waals surface area contributed by atoms with E-state index >= 15 is 0 Å². The summed E-state index contributed by atoms with van der Waals surface area (Å²) in [6.07, 6.45) is 62.4. The second-order valence-corrected chi connectivity index (χ2v) is 19.6. The van der Waals surface area contributed by atoms with E-state index in [4.69, 9.17) is 9.47 Å². The molecular formula is C58H116O4. The number of carbonyl (C=O) groups excluding carboxylic acids is 2. The second-order valence-electron chi connectivity index (χ2n) is 19.6. The summed E-state index contributed by atoms with van der Waals surface area (Å²) < 4.78 is 11.1. The Bertz CT molecular complexity index is 826. The maximum Gasteiger partial charge on any atom is 0.305 e. The monoisotopic (exact) mass is 877 g/mol. The Kier molecular flexibility index (Phi) is 58.9. The van der Waals surface area contributed by atoms with Crippen LogP contribution in [0.2, 0.25) is 0 Å². The number of hydrogen-bond donors (Lipinski definition) is 0. The van der Waals surface area contributed by atoms with Crippen LogP contribution in [0.3, 0.4) is 0 Å². The highest BCUT2D eigenvalue weighted by atomic mass is 16.5. The van der Waals surface area contributed by atoms with Gasteiger partial charge in [0.05, 0.1) is 13.2 Å². The third-order valence-corrected chi connectivity index (χ3v) is 13.1. The van der Waals surface area contributed by atoms with Crippen molar-refractivity contribution in [2.45, 2.75) is 343 Å². The zero-order chi connectivity index (χ0) is 45.5. The largest absolute Gasteiger partial charge is 0.466 e. The average molecular weight is 878 g/mol. The maximum atomic E-state index is 12.3. The maximum absolute atomic E-state index is 12.3. The number of ether oxygens (including phenoxy) is 2. The number of esters is 2. The first kappa shape index (κ1) is 63.0. The molecule has 62 heavy (non-hydrogen) atoms. The molecule has 372 valence electrons. The molecule has 0 spiro atoms. The zero-order valence-corrected chi connectivity index (χ0v) is 43.6. The van der Waals surface area contributed by atoms with Gasteiger partial charge in [0, 0.05) is 12.8 Å². The van der Waals surface area contributed by atoms with Gasteiger partial charge in [-0.2, -0.15) is 0 Å². The van der Waals surface area contributed by atoms with Gasteiger partial charge in [0.25, 0.3) is 0 Å². The van der Waals surface area contributed by atoms with E-state index in [1.165, 1.54) is 276 Å². The van der Waals surface area contributed by atoms with Crippen LogP contribution in [0, 0.1) is 5.92 Å². The Labute approximate surface area is 391 Å². The fourth-order valence-electron chi connectivity index (χ4n) is 8.74. The van der Waals surface area contributed by atoms with E-state index < -0.39 is 0 Å². The van der Waals surface area contributed by atoms with Gasteiger partial charge in [-0.05, 0) is 38.0 Å². The van der Waals surface area contributed by atoms with Crippen LogP contribution in [-0.2, 0) is 19.1 Å². The Morgan fingerprint density at radius 1 is 0.274 bits per heavy atom. The third kappa shape index (κ3) is 57.0. The lowest BCUT2D eigenvalue weighted by atomic mass is 9.94. The van der Waals surface area contributed by atoms with Crippen LogP contribution in [-0.4, -0.2) is 25.2 Å². The zero-order valence-electron chi connectivity index (χ0n) is 43.6. The topological polar surface area (TPSA) is 52.6 Å². The first-order valence-electron chi connectivity index (χ1n) is 28.9. The predicted molar refractivity (Wildman–Crippen MR) is 275 cm³/mol. The summed E-state index contributed by atoms with van der Waals surface area (Å²) in [5.41, 5.74) is 0. The standard InChI is InChI=1S/C34H68O2.C24H48O2/c1-4-7-10-13-16-18-19-20-22-25-28-31-34(35)36-32-33(29-26-23-15-12-9-6-3)30-27-24-21-17-14-11-8-5-2;1-3-5-7-9-10-11-12-13-14-15-16-17-19-21-23-26-24(25)22-20-18-8-6-4-2/h33H,4-32H2,1-3H3;3-23H2,1-2H3. The fourth-order valence-corrected chi connectivity index (χ4v) is 8.74. The number of rotatable bonds is 51. The van der Waals surface area contributed by atoms with E-state index in [1.807, 2.05) is 0 Å². The molecule has 0 aliphatic heterocycles. The van der Waals surface area contributed by atoms with Crippen molar-refractivity contribution in [1.82, 2.24) is 0 Å². The van der Waals surface area contributed by atoms with Crippen LogP contribution >= 0.6 is 0 Å². The Morgan fingerprint density at radius 3 is 0.790 bits per heavy atom. The highest BCUT2D eigenvalue weighted by Gasteiger charge is 2.12.